The molecule has 0 fully saturated rings. The molecule has 0 bridgehead atoms. The summed E-state index contributed by atoms with van der Waals surface area (Å²) in [6.07, 6.45) is 3.29. The van der Waals surface area contributed by atoms with Crippen LogP contribution in [0.3, 0.4) is 0 Å². The van der Waals surface area contributed by atoms with Gasteiger partial charge in [-0.2, -0.15) is 0 Å². The van der Waals surface area contributed by atoms with Crippen molar-refractivity contribution in [3.63, 3.8) is 0 Å². The highest BCUT2D eigenvalue weighted by Crippen LogP contribution is 2.25. The Hall–Kier alpha value is -2.49. The number of aliphatic hydroxyl groups is 1. The molecular weight excluding hydrogens is 337 g/mol. The highest BCUT2D eigenvalue weighted by Gasteiger charge is 2.30. The van der Waals surface area contributed by atoms with Crippen LogP contribution in [0, 0.1) is 6.92 Å². The molecule has 1 aliphatic heterocycles. The number of ether oxygens (including phenoxy) is 1. The van der Waals surface area contributed by atoms with Gasteiger partial charge in [0.1, 0.15) is 11.4 Å². The van der Waals surface area contributed by atoms with Crippen LogP contribution in [0.2, 0.25) is 0 Å². The van der Waals surface area contributed by atoms with Crippen molar-refractivity contribution in [2.45, 2.75) is 32.9 Å². The number of benzene rings is 1. The maximum absolute atomic E-state index is 12.1. The van der Waals surface area contributed by atoms with E-state index in [-0.39, 0.29) is 24.2 Å². The van der Waals surface area contributed by atoms with E-state index < -0.39 is 13.0 Å². The standard InChI is InChI=1S/C17H20BN3O5/c1-3-12(8-22)21-17(23)13-6-20-15(7-19-13)26-14-5-4-11-9-25-18(24)16(11)10(14)2/h4-7,12,22,24H,3,8-9H2,1-2H3,(H,21,23)/t12-/m0/s1. The maximum atomic E-state index is 12.1. The summed E-state index contributed by atoms with van der Waals surface area (Å²) in [6.45, 7) is 3.93. The van der Waals surface area contributed by atoms with E-state index in [1.54, 1.807) is 6.07 Å². The Morgan fingerprint density at radius 3 is 2.88 bits per heavy atom. The number of amides is 1. The Morgan fingerprint density at radius 2 is 2.23 bits per heavy atom. The summed E-state index contributed by atoms with van der Waals surface area (Å²) < 4.78 is 10.9. The fourth-order valence-electron chi connectivity index (χ4n) is 2.73. The molecule has 3 rings (SSSR count). The van der Waals surface area contributed by atoms with Crippen LogP contribution >= 0.6 is 0 Å². The Morgan fingerprint density at radius 1 is 1.42 bits per heavy atom. The zero-order chi connectivity index (χ0) is 18.7. The lowest BCUT2D eigenvalue weighted by molar-refractivity contribution is 0.0909. The number of nitrogens with zero attached hydrogens (tertiary/aromatic N) is 2. The largest absolute Gasteiger partial charge is 0.492 e. The molecule has 0 aliphatic carbocycles. The second-order valence-corrected chi connectivity index (χ2v) is 6.03. The van der Waals surface area contributed by atoms with Crippen LogP contribution in [0.5, 0.6) is 11.6 Å². The summed E-state index contributed by atoms with van der Waals surface area (Å²) in [6, 6.07) is 3.30. The van der Waals surface area contributed by atoms with Gasteiger partial charge in [-0.1, -0.05) is 13.0 Å². The monoisotopic (exact) mass is 357 g/mol. The summed E-state index contributed by atoms with van der Waals surface area (Å²) >= 11 is 0. The molecule has 0 radical (unpaired) electrons. The average molecular weight is 357 g/mol. The summed E-state index contributed by atoms with van der Waals surface area (Å²) in [4.78, 5) is 20.2. The van der Waals surface area contributed by atoms with Gasteiger partial charge in [0.25, 0.3) is 5.91 Å². The molecule has 1 aliphatic rings. The van der Waals surface area contributed by atoms with E-state index in [9.17, 15) is 9.82 Å². The summed E-state index contributed by atoms with van der Waals surface area (Å²) in [5.41, 5.74) is 2.54. The minimum Gasteiger partial charge on any atom is -0.437 e. The van der Waals surface area contributed by atoms with Crippen LogP contribution in [-0.2, 0) is 11.3 Å². The van der Waals surface area contributed by atoms with Gasteiger partial charge in [-0.05, 0) is 36.0 Å². The molecule has 9 heteroatoms. The number of carbonyl (C=O) groups is 1. The normalized spacial score (nSPS) is 14.1. The van der Waals surface area contributed by atoms with E-state index in [0.717, 1.165) is 11.1 Å². The second kappa shape index (κ2) is 7.82. The number of fused-ring (bicyclic) bond motifs is 1. The predicted octanol–water partition coefficient (Wildman–Crippen LogP) is 0.296. The molecule has 0 saturated carbocycles. The number of rotatable bonds is 6. The van der Waals surface area contributed by atoms with Gasteiger partial charge >= 0.3 is 7.12 Å². The van der Waals surface area contributed by atoms with E-state index in [1.807, 2.05) is 19.9 Å². The molecule has 0 saturated heterocycles. The van der Waals surface area contributed by atoms with Gasteiger partial charge in [-0.15, -0.1) is 0 Å². The third-order valence-electron chi connectivity index (χ3n) is 4.32. The molecule has 8 nitrogen and oxygen atoms in total. The topological polar surface area (TPSA) is 114 Å². The Bertz CT molecular complexity index is 796. The summed E-state index contributed by atoms with van der Waals surface area (Å²) in [5.74, 6) is 0.359. The average Bonchev–Trinajstić information content (AvgIpc) is 3.04. The molecule has 3 N–H and O–H groups in total. The van der Waals surface area contributed by atoms with Crippen LogP contribution in [0.15, 0.2) is 24.5 Å². The quantitative estimate of drug-likeness (QED) is 0.637. The van der Waals surface area contributed by atoms with Crippen LogP contribution in [0.4, 0.5) is 0 Å². The predicted molar refractivity (Wildman–Crippen MR) is 94.3 cm³/mol. The SMILES string of the molecule is CC[C@@H](CO)NC(=O)c1cnc(Oc2ccc3c(c2C)B(O)OC3)cn1. The molecule has 2 heterocycles. The number of hydrogen-bond donors (Lipinski definition) is 3. The van der Waals surface area contributed by atoms with E-state index in [0.29, 0.717) is 24.2 Å². The molecular formula is C17H20BN3O5. The fourth-order valence-corrected chi connectivity index (χ4v) is 2.73. The first kappa shape index (κ1) is 18.3. The molecule has 0 spiro atoms. The zero-order valence-corrected chi connectivity index (χ0v) is 14.6. The van der Waals surface area contributed by atoms with E-state index in [1.165, 1.54) is 12.4 Å². The highest BCUT2D eigenvalue weighted by molar-refractivity contribution is 6.62. The molecule has 0 unspecified atom stereocenters. The van der Waals surface area contributed by atoms with Crippen molar-refractivity contribution in [1.82, 2.24) is 15.3 Å². The van der Waals surface area contributed by atoms with Crippen molar-refractivity contribution in [2.75, 3.05) is 6.61 Å². The lowest BCUT2D eigenvalue weighted by atomic mass is 9.76. The summed E-state index contributed by atoms with van der Waals surface area (Å²) in [5, 5.41) is 21.7. The fraction of sp³-hybridized carbons (Fsp3) is 0.353. The number of carbonyl (C=O) groups excluding carboxylic acids is 1. The minimum absolute atomic E-state index is 0.135. The van der Waals surface area contributed by atoms with Crippen LogP contribution in [0.1, 0.15) is 35.0 Å². The smallest absolute Gasteiger partial charge is 0.437 e. The van der Waals surface area contributed by atoms with Crippen LogP contribution < -0.4 is 15.5 Å². The van der Waals surface area contributed by atoms with Crippen molar-refractivity contribution in [2.24, 2.45) is 0 Å². The third kappa shape index (κ3) is 3.69. The zero-order valence-electron chi connectivity index (χ0n) is 14.6. The first-order valence-electron chi connectivity index (χ1n) is 8.37. The first-order valence-corrected chi connectivity index (χ1v) is 8.37. The van der Waals surface area contributed by atoms with Crippen molar-refractivity contribution in [3.05, 3.63) is 41.3 Å². The van der Waals surface area contributed by atoms with Gasteiger partial charge in [0.05, 0.1) is 31.6 Å². The number of aliphatic hydroxyl groups excluding tert-OH is 1. The molecule has 26 heavy (non-hydrogen) atoms. The van der Waals surface area contributed by atoms with Gasteiger partial charge in [-0.25, -0.2) is 9.97 Å². The lowest BCUT2D eigenvalue weighted by Gasteiger charge is -2.14. The Kier molecular flexibility index (Phi) is 5.50. The maximum Gasteiger partial charge on any atom is 0.492 e. The molecule has 1 aromatic heterocycles. The molecule has 1 amide bonds. The van der Waals surface area contributed by atoms with Crippen molar-refractivity contribution in [1.29, 1.82) is 0 Å². The third-order valence-corrected chi connectivity index (χ3v) is 4.32. The van der Waals surface area contributed by atoms with Crippen molar-refractivity contribution in [3.8, 4) is 11.6 Å². The number of hydrogen-bond acceptors (Lipinski definition) is 7. The van der Waals surface area contributed by atoms with Gasteiger partial charge in [-0.3, -0.25) is 4.79 Å². The van der Waals surface area contributed by atoms with Gasteiger partial charge in [0, 0.05) is 0 Å². The van der Waals surface area contributed by atoms with Gasteiger partial charge in [0.15, 0.2) is 0 Å². The molecule has 1 aromatic carbocycles. The molecule has 2 aromatic rings. The van der Waals surface area contributed by atoms with Crippen LogP contribution in [-0.4, -0.2) is 45.8 Å². The highest BCUT2D eigenvalue weighted by atomic mass is 16.5. The summed E-state index contributed by atoms with van der Waals surface area (Å²) in [7, 11) is -0.955. The minimum atomic E-state index is -0.955. The Balaban J connectivity index is 1.72. The van der Waals surface area contributed by atoms with Crippen LogP contribution in [0.25, 0.3) is 0 Å². The lowest BCUT2D eigenvalue weighted by Crippen LogP contribution is -2.37. The number of aromatic nitrogens is 2. The van der Waals surface area contributed by atoms with E-state index in [2.05, 4.69) is 15.3 Å². The van der Waals surface area contributed by atoms with Gasteiger partial charge in [0.2, 0.25) is 5.88 Å². The van der Waals surface area contributed by atoms with Gasteiger partial charge < -0.3 is 24.8 Å². The van der Waals surface area contributed by atoms with E-state index >= 15 is 0 Å². The first-order chi connectivity index (χ1) is 12.5. The molecule has 1 atom stereocenters. The molecule has 136 valence electrons. The second-order valence-electron chi connectivity index (χ2n) is 6.03. The Labute approximate surface area is 151 Å². The van der Waals surface area contributed by atoms with Crippen molar-refractivity contribution >= 4 is 18.5 Å². The number of nitrogens with one attached hydrogen (secondary N) is 1. The van der Waals surface area contributed by atoms with Crippen molar-refractivity contribution < 1.29 is 24.3 Å². The van der Waals surface area contributed by atoms with E-state index in [4.69, 9.17) is 14.5 Å².